The Hall–Kier alpha value is -6.45. The summed E-state index contributed by atoms with van der Waals surface area (Å²) in [4.78, 5) is 45.2. The van der Waals surface area contributed by atoms with Crippen molar-refractivity contribution in [3.8, 4) is 33.4 Å². The first-order valence-corrected chi connectivity index (χ1v) is 15.8. The highest BCUT2D eigenvalue weighted by Crippen LogP contribution is 2.47. The van der Waals surface area contributed by atoms with Gasteiger partial charge in [-0.25, -0.2) is 0 Å². The van der Waals surface area contributed by atoms with Gasteiger partial charge in [-0.15, -0.1) is 0 Å². The summed E-state index contributed by atoms with van der Waals surface area (Å²) >= 11 is 0. The van der Waals surface area contributed by atoms with Crippen molar-refractivity contribution in [2.24, 2.45) is 0 Å². The molecule has 3 nitrogen and oxygen atoms in total. The van der Waals surface area contributed by atoms with Gasteiger partial charge in [0.15, 0.2) is 17.3 Å². The summed E-state index contributed by atoms with van der Waals surface area (Å²) in [5.41, 5.74) is 5.83. The van der Waals surface area contributed by atoms with Gasteiger partial charge in [0, 0.05) is 50.1 Å². The van der Waals surface area contributed by atoms with E-state index >= 15 is 14.4 Å². The van der Waals surface area contributed by atoms with Gasteiger partial charge in [-0.05, 0) is 16.7 Å². The fourth-order valence-corrected chi connectivity index (χ4v) is 6.31. The normalized spacial score (nSPS) is 10.8. The molecule has 0 aliphatic carbocycles. The van der Waals surface area contributed by atoms with Gasteiger partial charge in [0.2, 0.25) is 0 Å². The molecule has 0 heterocycles. The van der Waals surface area contributed by atoms with Gasteiger partial charge in [-0.2, -0.15) is 0 Å². The molecule has 0 aliphatic rings. The average molecular weight is 619 g/mol. The quantitative estimate of drug-likeness (QED) is 0.151. The summed E-state index contributed by atoms with van der Waals surface area (Å²) in [6, 6.07) is 55.8. The fourth-order valence-electron chi connectivity index (χ4n) is 6.31. The molecular weight excluding hydrogens is 588 g/mol. The lowest BCUT2D eigenvalue weighted by molar-refractivity contribution is 0.103. The highest BCUT2D eigenvalue weighted by atomic mass is 16.1. The third-order valence-electron chi connectivity index (χ3n) is 8.48. The van der Waals surface area contributed by atoms with Crippen molar-refractivity contribution >= 4 is 17.3 Å². The Labute approximate surface area is 279 Å². The SMILES string of the molecule is O=C(c1ccccc1)c1c(-c2ccccc2)c(C(=O)c2ccccc2)c(-c2ccccc2)c(C(=O)c2ccccc2)c1-c1ccccc1. The van der Waals surface area contributed by atoms with Crippen molar-refractivity contribution in [1.29, 1.82) is 0 Å². The monoisotopic (exact) mass is 618 g/mol. The van der Waals surface area contributed by atoms with Gasteiger partial charge in [-0.3, -0.25) is 14.4 Å². The molecule has 0 bridgehead atoms. The molecule has 7 aromatic rings. The number of hydrogen-bond donors (Lipinski definition) is 0. The van der Waals surface area contributed by atoms with E-state index in [1.165, 1.54) is 0 Å². The lowest BCUT2D eigenvalue weighted by Gasteiger charge is -2.26. The number of rotatable bonds is 9. The first kappa shape index (κ1) is 30.2. The number of hydrogen-bond acceptors (Lipinski definition) is 3. The molecule has 7 aromatic carbocycles. The summed E-state index contributed by atoms with van der Waals surface area (Å²) < 4.78 is 0. The van der Waals surface area contributed by atoms with Crippen LogP contribution in [0, 0.1) is 0 Å². The molecule has 3 heteroatoms. The molecule has 0 aliphatic heterocycles. The van der Waals surface area contributed by atoms with Crippen LogP contribution in [0.5, 0.6) is 0 Å². The number of carbonyl (C=O) groups excluding carboxylic acids is 3. The fraction of sp³-hybridized carbons (Fsp3) is 0. The molecular formula is C45H30O3. The minimum absolute atomic E-state index is 0.280. The zero-order chi connectivity index (χ0) is 32.9. The maximum atomic E-state index is 15.1. The third-order valence-corrected chi connectivity index (χ3v) is 8.48. The zero-order valence-electron chi connectivity index (χ0n) is 26.0. The molecule has 228 valence electrons. The van der Waals surface area contributed by atoms with Crippen molar-refractivity contribution < 1.29 is 14.4 Å². The van der Waals surface area contributed by atoms with Crippen LogP contribution in [0.15, 0.2) is 182 Å². The van der Waals surface area contributed by atoms with Crippen molar-refractivity contribution in [3.63, 3.8) is 0 Å². The second kappa shape index (κ2) is 13.5. The van der Waals surface area contributed by atoms with E-state index in [0.29, 0.717) is 66.8 Å². The standard InChI is InChI=1S/C45H30O3/c46-43(34-25-13-4-14-26-34)40-37(31-19-7-1-8-20-31)41(44(47)35-27-15-5-16-28-35)39(33-23-11-3-12-24-33)42(38(40)32-21-9-2-10-22-32)45(48)36-29-17-6-18-30-36/h1-30H. The summed E-state index contributed by atoms with van der Waals surface area (Å²) in [7, 11) is 0. The molecule has 0 atom stereocenters. The Morgan fingerprint density at radius 3 is 0.646 bits per heavy atom. The number of carbonyl (C=O) groups is 3. The Bertz CT molecular complexity index is 1950. The van der Waals surface area contributed by atoms with Crippen LogP contribution in [-0.4, -0.2) is 17.3 Å². The molecule has 7 rings (SSSR count). The predicted molar refractivity (Wildman–Crippen MR) is 192 cm³/mol. The van der Waals surface area contributed by atoms with E-state index in [1.807, 2.05) is 146 Å². The maximum Gasteiger partial charge on any atom is 0.194 e. The summed E-state index contributed by atoms with van der Waals surface area (Å²) in [6.45, 7) is 0. The Balaban J connectivity index is 1.77. The van der Waals surface area contributed by atoms with Crippen molar-refractivity contribution in [2.45, 2.75) is 0 Å². The van der Waals surface area contributed by atoms with Crippen LogP contribution < -0.4 is 0 Å². The summed E-state index contributed by atoms with van der Waals surface area (Å²) in [5.74, 6) is -0.841. The second-order valence-corrected chi connectivity index (χ2v) is 11.4. The maximum absolute atomic E-state index is 15.1. The van der Waals surface area contributed by atoms with Gasteiger partial charge in [0.25, 0.3) is 0 Å². The minimum atomic E-state index is -0.280. The van der Waals surface area contributed by atoms with Gasteiger partial charge < -0.3 is 0 Å². The molecule has 0 unspecified atom stereocenters. The van der Waals surface area contributed by atoms with E-state index in [4.69, 9.17) is 0 Å². The van der Waals surface area contributed by atoms with E-state index in [0.717, 1.165) is 0 Å². The molecule has 0 amide bonds. The Morgan fingerprint density at radius 1 is 0.250 bits per heavy atom. The van der Waals surface area contributed by atoms with Crippen LogP contribution in [0.2, 0.25) is 0 Å². The van der Waals surface area contributed by atoms with Crippen LogP contribution in [-0.2, 0) is 0 Å². The Morgan fingerprint density at radius 2 is 0.438 bits per heavy atom. The highest BCUT2D eigenvalue weighted by Gasteiger charge is 2.35. The lowest BCUT2D eigenvalue weighted by atomic mass is 9.74. The van der Waals surface area contributed by atoms with Gasteiger partial charge in [-0.1, -0.05) is 182 Å². The predicted octanol–water partition coefficient (Wildman–Crippen LogP) is 10.4. The second-order valence-electron chi connectivity index (χ2n) is 11.4. The molecule has 0 radical (unpaired) electrons. The van der Waals surface area contributed by atoms with Gasteiger partial charge in [0.05, 0.1) is 0 Å². The summed E-state index contributed by atoms with van der Waals surface area (Å²) in [5, 5.41) is 0. The largest absolute Gasteiger partial charge is 0.289 e. The van der Waals surface area contributed by atoms with E-state index < -0.39 is 0 Å². The summed E-state index contributed by atoms with van der Waals surface area (Å²) in [6.07, 6.45) is 0. The van der Waals surface area contributed by atoms with Gasteiger partial charge >= 0.3 is 0 Å². The van der Waals surface area contributed by atoms with Crippen molar-refractivity contribution in [2.75, 3.05) is 0 Å². The van der Waals surface area contributed by atoms with Gasteiger partial charge in [0.1, 0.15) is 0 Å². The molecule has 48 heavy (non-hydrogen) atoms. The van der Waals surface area contributed by atoms with E-state index in [-0.39, 0.29) is 17.3 Å². The van der Waals surface area contributed by atoms with Crippen LogP contribution in [0.4, 0.5) is 0 Å². The van der Waals surface area contributed by atoms with E-state index in [9.17, 15) is 0 Å². The minimum Gasteiger partial charge on any atom is -0.289 e. The highest BCUT2D eigenvalue weighted by molar-refractivity contribution is 6.30. The van der Waals surface area contributed by atoms with Crippen molar-refractivity contribution in [3.05, 3.63) is 215 Å². The topological polar surface area (TPSA) is 51.2 Å². The molecule has 0 aromatic heterocycles. The molecule has 0 spiro atoms. The van der Waals surface area contributed by atoms with Crippen LogP contribution in [0.3, 0.4) is 0 Å². The molecule has 0 N–H and O–H groups in total. The van der Waals surface area contributed by atoms with Crippen LogP contribution in [0.25, 0.3) is 33.4 Å². The number of ketones is 3. The Kier molecular flexibility index (Phi) is 8.50. The van der Waals surface area contributed by atoms with E-state index in [1.54, 1.807) is 36.4 Å². The lowest BCUT2D eigenvalue weighted by Crippen LogP contribution is -2.19. The molecule has 0 fully saturated rings. The third kappa shape index (κ3) is 5.70. The first-order chi connectivity index (χ1) is 23.6. The molecule has 0 saturated carbocycles. The smallest absolute Gasteiger partial charge is 0.194 e. The first-order valence-electron chi connectivity index (χ1n) is 15.8. The molecule has 0 saturated heterocycles. The van der Waals surface area contributed by atoms with E-state index in [2.05, 4.69) is 0 Å². The zero-order valence-corrected chi connectivity index (χ0v) is 26.0. The van der Waals surface area contributed by atoms with Crippen LogP contribution >= 0.6 is 0 Å². The van der Waals surface area contributed by atoms with Crippen LogP contribution in [0.1, 0.15) is 47.8 Å². The average Bonchev–Trinajstić information content (AvgIpc) is 3.18. The number of benzene rings is 7. The van der Waals surface area contributed by atoms with Crippen molar-refractivity contribution in [1.82, 2.24) is 0 Å².